The number of carbonyl (C=O) groups is 1. The Balaban J connectivity index is 1.46. The molecule has 27 heavy (non-hydrogen) atoms. The third kappa shape index (κ3) is 3.38. The van der Waals surface area contributed by atoms with Crippen LogP contribution in [-0.4, -0.2) is 44.4 Å². The fraction of sp³-hybridized carbons (Fsp3) is 0.316. The Morgan fingerprint density at radius 3 is 2.70 bits per heavy atom. The summed E-state index contributed by atoms with van der Waals surface area (Å²) < 4.78 is 1.46. The normalized spacial score (nSPS) is 15.1. The van der Waals surface area contributed by atoms with Gasteiger partial charge in [0.05, 0.1) is 6.20 Å². The second kappa shape index (κ2) is 7.14. The minimum atomic E-state index is -0.372. The molecule has 0 aromatic carbocycles. The predicted octanol–water partition coefficient (Wildman–Crippen LogP) is 1.19. The van der Waals surface area contributed by atoms with Crippen molar-refractivity contribution in [3.63, 3.8) is 0 Å². The highest BCUT2D eigenvalue weighted by atomic mass is 16.2. The molecule has 0 spiro atoms. The van der Waals surface area contributed by atoms with E-state index in [0.717, 1.165) is 37.4 Å². The van der Waals surface area contributed by atoms with Gasteiger partial charge in [0.25, 0.3) is 11.5 Å². The minimum Gasteiger partial charge on any atom is -0.355 e. The zero-order chi connectivity index (χ0) is 18.8. The standard InChI is InChI=1S/C19H20N6O2/c1-13-3-2-4-16-22-11-15(19(27)25(13)16)18(26)23-14-5-9-24(10-6-14)17-12-20-7-8-21-17/h2-4,7-8,11-12,14H,5-6,9-10H2,1H3,(H,23,26). The maximum atomic E-state index is 12.7. The Kier molecular flexibility index (Phi) is 4.53. The molecule has 4 heterocycles. The number of aromatic nitrogens is 4. The van der Waals surface area contributed by atoms with Crippen LogP contribution >= 0.6 is 0 Å². The largest absolute Gasteiger partial charge is 0.355 e. The van der Waals surface area contributed by atoms with Gasteiger partial charge in [-0.1, -0.05) is 6.07 Å². The van der Waals surface area contributed by atoms with Gasteiger partial charge in [-0.3, -0.25) is 19.0 Å². The Morgan fingerprint density at radius 2 is 1.96 bits per heavy atom. The number of fused-ring (bicyclic) bond motifs is 1. The maximum absolute atomic E-state index is 12.7. The molecule has 138 valence electrons. The van der Waals surface area contributed by atoms with Crippen molar-refractivity contribution in [3.8, 4) is 0 Å². The lowest BCUT2D eigenvalue weighted by molar-refractivity contribution is 0.0929. The zero-order valence-electron chi connectivity index (χ0n) is 15.0. The molecule has 4 rings (SSSR count). The molecular weight excluding hydrogens is 344 g/mol. The average Bonchev–Trinajstić information content (AvgIpc) is 2.69. The lowest BCUT2D eigenvalue weighted by atomic mass is 10.0. The number of hydrogen-bond donors (Lipinski definition) is 1. The van der Waals surface area contributed by atoms with Crippen LogP contribution in [0.25, 0.3) is 5.65 Å². The van der Waals surface area contributed by atoms with Crippen LogP contribution in [0.15, 0.2) is 47.8 Å². The van der Waals surface area contributed by atoms with Gasteiger partial charge in [0.1, 0.15) is 17.0 Å². The molecule has 1 aliphatic rings. The topological polar surface area (TPSA) is 92.5 Å². The molecule has 1 fully saturated rings. The van der Waals surface area contributed by atoms with Crippen molar-refractivity contribution in [1.82, 2.24) is 24.7 Å². The number of hydrogen-bond acceptors (Lipinski definition) is 6. The highest BCUT2D eigenvalue weighted by molar-refractivity contribution is 5.94. The summed E-state index contributed by atoms with van der Waals surface area (Å²) in [4.78, 5) is 40.1. The fourth-order valence-corrected chi connectivity index (χ4v) is 3.40. The minimum absolute atomic E-state index is 0.0161. The molecule has 8 nitrogen and oxygen atoms in total. The summed E-state index contributed by atoms with van der Waals surface area (Å²) in [6.45, 7) is 3.37. The molecule has 1 amide bonds. The van der Waals surface area contributed by atoms with E-state index in [-0.39, 0.29) is 23.1 Å². The van der Waals surface area contributed by atoms with Gasteiger partial charge in [-0.25, -0.2) is 9.97 Å². The van der Waals surface area contributed by atoms with E-state index in [1.807, 2.05) is 19.1 Å². The van der Waals surface area contributed by atoms with Crippen molar-refractivity contribution in [2.75, 3.05) is 18.0 Å². The Bertz CT molecular complexity index is 1030. The third-order valence-electron chi connectivity index (χ3n) is 4.87. The molecule has 0 aliphatic carbocycles. The van der Waals surface area contributed by atoms with Crippen molar-refractivity contribution in [1.29, 1.82) is 0 Å². The van der Waals surface area contributed by atoms with E-state index in [0.29, 0.717) is 5.65 Å². The summed E-state index contributed by atoms with van der Waals surface area (Å²) in [6.07, 6.45) is 7.98. The highest BCUT2D eigenvalue weighted by Gasteiger charge is 2.23. The van der Waals surface area contributed by atoms with Crippen molar-refractivity contribution >= 4 is 17.4 Å². The monoisotopic (exact) mass is 364 g/mol. The molecule has 0 saturated carbocycles. The van der Waals surface area contributed by atoms with Gasteiger partial charge in [0.15, 0.2) is 0 Å². The first-order valence-corrected chi connectivity index (χ1v) is 8.93. The van der Waals surface area contributed by atoms with Crippen molar-refractivity contribution in [3.05, 3.63) is 64.6 Å². The van der Waals surface area contributed by atoms with E-state index in [1.54, 1.807) is 24.7 Å². The summed E-state index contributed by atoms with van der Waals surface area (Å²) in [5.74, 6) is 0.470. The number of nitrogens with zero attached hydrogens (tertiary/aromatic N) is 5. The highest BCUT2D eigenvalue weighted by Crippen LogP contribution is 2.16. The van der Waals surface area contributed by atoms with E-state index < -0.39 is 0 Å². The number of amides is 1. The first-order valence-electron chi connectivity index (χ1n) is 8.93. The molecule has 1 aliphatic heterocycles. The van der Waals surface area contributed by atoms with Gasteiger partial charge < -0.3 is 10.2 Å². The number of pyridine rings is 1. The first-order chi connectivity index (χ1) is 13.1. The number of nitrogens with one attached hydrogen (secondary N) is 1. The molecule has 0 unspecified atom stereocenters. The summed E-state index contributed by atoms with van der Waals surface area (Å²) in [5.41, 5.74) is 1.01. The molecule has 3 aromatic heterocycles. The predicted molar refractivity (Wildman–Crippen MR) is 101 cm³/mol. The third-order valence-corrected chi connectivity index (χ3v) is 4.87. The van der Waals surface area contributed by atoms with Crippen LogP contribution in [0.5, 0.6) is 0 Å². The van der Waals surface area contributed by atoms with Crippen LogP contribution in [0.1, 0.15) is 28.9 Å². The van der Waals surface area contributed by atoms with E-state index >= 15 is 0 Å². The second-order valence-electron chi connectivity index (χ2n) is 6.64. The molecule has 1 saturated heterocycles. The molecule has 3 aromatic rings. The van der Waals surface area contributed by atoms with Crippen LogP contribution in [0.3, 0.4) is 0 Å². The molecular formula is C19H20N6O2. The van der Waals surface area contributed by atoms with Gasteiger partial charge in [0.2, 0.25) is 0 Å². The van der Waals surface area contributed by atoms with Gasteiger partial charge in [0, 0.05) is 43.4 Å². The first kappa shape index (κ1) is 17.1. The number of aryl methyl sites for hydroxylation is 1. The Labute approximate surface area is 155 Å². The maximum Gasteiger partial charge on any atom is 0.270 e. The van der Waals surface area contributed by atoms with E-state index in [9.17, 15) is 9.59 Å². The average molecular weight is 364 g/mol. The molecule has 1 N–H and O–H groups in total. The zero-order valence-corrected chi connectivity index (χ0v) is 15.0. The van der Waals surface area contributed by atoms with Gasteiger partial charge in [-0.2, -0.15) is 0 Å². The molecule has 0 bridgehead atoms. The van der Waals surface area contributed by atoms with Crippen LogP contribution in [0.4, 0.5) is 5.82 Å². The van der Waals surface area contributed by atoms with Crippen LogP contribution in [0.2, 0.25) is 0 Å². The van der Waals surface area contributed by atoms with Crippen LogP contribution < -0.4 is 15.8 Å². The molecule has 8 heteroatoms. The van der Waals surface area contributed by atoms with E-state index in [2.05, 4.69) is 25.2 Å². The van der Waals surface area contributed by atoms with Crippen molar-refractivity contribution in [2.45, 2.75) is 25.8 Å². The van der Waals surface area contributed by atoms with Gasteiger partial charge in [-0.15, -0.1) is 0 Å². The van der Waals surface area contributed by atoms with E-state index in [4.69, 9.17) is 0 Å². The number of carbonyl (C=O) groups excluding carboxylic acids is 1. The van der Waals surface area contributed by atoms with E-state index in [1.165, 1.54) is 10.6 Å². The number of rotatable bonds is 3. The smallest absolute Gasteiger partial charge is 0.270 e. The lowest BCUT2D eigenvalue weighted by Gasteiger charge is -2.32. The number of piperidine rings is 1. The lowest BCUT2D eigenvalue weighted by Crippen LogP contribution is -2.46. The quantitative estimate of drug-likeness (QED) is 0.751. The van der Waals surface area contributed by atoms with Crippen molar-refractivity contribution < 1.29 is 4.79 Å². The van der Waals surface area contributed by atoms with Crippen molar-refractivity contribution in [2.24, 2.45) is 0 Å². The van der Waals surface area contributed by atoms with Crippen LogP contribution in [-0.2, 0) is 0 Å². The molecule has 0 radical (unpaired) electrons. The van der Waals surface area contributed by atoms with Crippen LogP contribution in [0, 0.1) is 6.92 Å². The summed E-state index contributed by atoms with van der Waals surface area (Å²) in [7, 11) is 0. The Morgan fingerprint density at radius 1 is 1.15 bits per heavy atom. The van der Waals surface area contributed by atoms with Gasteiger partial charge >= 0.3 is 0 Å². The summed E-state index contributed by atoms with van der Waals surface area (Å²) in [6, 6.07) is 5.42. The Hall–Kier alpha value is -3.29. The molecule has 0 atom stereocenters. The summed E-state index contributed by atoms with van der Waals surface area (Å²) >= 11 is 0. The fourth-order valence-electron chi connectivity index (χ4n) is 3.40. The second-order valence-corrected chi connectivity index (χ2v) is 6.64. The number of anilines is 1. The summed E-state index contributed by atoms with van der Waals surface area (Å²) in [5, 5.41) is 2.98. The van der Waals surface area contributed by atoms with Gasteiger partial charge in [-0.05, 0) is 31.9 Å². The SMILES string of the molecule is Cc1cccc2ncc(C(=O)NC3CCN(c4cnccn4)CC3)c(=O)n12.